The molecular weight excluding hydrogens is 689 g/mol. The van der Waals surface area contributed by atoms with Crippen LogP contribution in [-0.2, 0) is 32.7 Å². The summed E-state index contributed by atoms with van der Waals surface area (Å²) in [6.07, 6.45) is 40.9. The summed E-state index contributed by atoms with van der Waals surface area (Å²) in [5, 5.41) is 0. The number of carbonyl (C=O) groups is 2. The summed E-state index contributed by atoms with van der Waals surface area (Å²) in [6.45, 7) is -0.736. The van der Waals surface area contributed by atoms with Crippen LogP contribution >= 0.6 is 7.82 Å². The van der Waals surface area contributed by atoms with Crippen molar-refractivity contribution in [2.45, 2.75) is 224 Å². The van der Waals surface area contributed by atoms with Gasteiger partial charge >= 0.3 is 19.8 Å². The normalized spacial score (nSPS) is 17.4. The van der Waals surface area contributed by atoms with Gasteiger partial charge in [0, 0.05) is 19.4 Å². The zero-order chi connectivity index (χ0) is 38.1. The molecule has 2 saturated carbocycles. The second kappa shape index (κ2) is 33.2. The second-order valence-electron chi connectivity index (χ2n) is 16.3. The number of phosphoric ester groups is 1. The van der Waals surface area contributed by atoms with Gasteiger partial charge in [0.05, 0.1) is 13.2 Å². The van der Waals surface area contributed by atoms with Crippen molar-refractivity contribution >= 4 is 19.8 Å². The van der Waals surface area contributed by atoms with E-state index in [0.717, 1.165) is 43.9 Å². The first-order valence-corrected chi connectivity index (χ1v) is 24.0. The van der Waals surface area contributed by atoms with Gasteiger partial charge in [0.2, 0.25) is 0 Å². The Balaban J connectivity index is 1.48. The minimum Gasteiger partial charge on any atom is -0.462 e. The predicted molar refractivity (Wildman–Crippen MR) is 216 cm³/mol. The van der Waals surface area contributed by atoms with Crippen molar-refractivity contribution < 1.29 is 37.6 Å². The van der Waals surface area contributed by atoms with Crippen LogP contribution in [0.1, 0.15) is 218 Å². The lowest BCUT2D eigenvalue weighted by atomic mass is 9.85. The highest BCUT2D eigenvalue weighted by Gasteiger charge is 2.26. The Morgan fingerprint density at radius 3 is 1.38 bits per heavy atom. The lowest BCUT2D eigenvalue weighted by Gasteiger charge is -2.21. The zero-order valence-electron chi connectivity index (χ0n) is 33.9. The van der Waals surface area contributed by atoms with Gasteiger partial charge in [-0.1, -0.05) is 193 Å². The highest BCUT2D eigenvalue weighted by Crippen LogP contribution is 2.43. The minimum absolute atomic E-state index is 0.0601. The molecule has 0 spiro atoms. The second-order valence-corrected chi connectivity index (χ2v) is 17.8. The van der Waals surface area contributed by atoms with E-state index in [1.54, 1.807) is 0 Å². The molecule has 2 fully saturated rings. The fourth-order valence-electron chi connectivity index (χ4n) is 8.19. The summed E-state index contributed by atoms with van der Waals surface area (Å²) in [5.41, 5.74) is 5.36. The largest absolute Gasteiger partial charge is 0.472 e. The summed E-state index contributed by atoms with van der Waals surface area (Å²) in [6, 6.07) is 0. The van der Waals surface area contributed by atoms with Crippen molar-refractivity contribution in [2.75, 3.05) is 26.4 Å². The SMILES string of the molecule is NCCOP(=O)(O)OCC(COC(=O)CCCCCCCCCCCCC1CCCCC1)OC(=O)CCCCCCCCCCCCC1CCCCC1. The molecule has 0 radical (unpaired) electrons. The van der Waals surface area contributed by atoms with Crippen LogP contribution in [0.2, 0.25) is 0 Å². The molecule has 0 aromatic rings. The number of esters is 2. The summed E-state index contributed by atoms with van der Waals surface area (Å²) in [4.78, 5) is 34.9. The molecule has 312 valence electrons. The first-order valence-electron chi connectivity index (χ1n) is 22.5. The average molecular weight is 772 g/mol. The molecule has 0 aromatic carbocycles. The Labute approximate surface area is 325 Å². The molecule has 2 aliphatic carbocycles. The Bertz CT molecular complexity index is 924. The van der Waals surface area contributed by atoms with E-state index in [-0.39, 0.29) is 32.1 Å². The standard InChI is InChI=1S/C43H82NO8P/c44-35-36-50-53(47,48)51-38-41(52-43(46)34-26-16-12-8-4-2-6-10-14-20-28-40-31-23-18-24-32-40)37-49-42(45)33-25-15-11-7-3-1-5-9-13-19-27-39-29-21-17-22-30-39/h39-41H,1-38,44H2,(H,47,48). The highest BCUT2D eigenvalue weighted by molar-refractivity contribution is 7.47. The van der Waals surface area contributed by atoms with Crippen molar-refractivity contribution in [1.29, 1.82) is 0 Å². The molecule has 0 aromatic heterocycles. The summed E-state index contributed by atoms with van der Waals surface area (Å²) in [7, 11) is -4.37. The Kier molecular flexibility index (Phi) is 30.1. The van der Waals surface area contributed by atoms with E-state index in [0.29, 0.717) is 12.8 Å². The van der Waals surface area contributed by atoms with Crippen LogP contribution in [0.15, 0.2) is 0 Å². The van der Waals surface area contributed by atoms with Crippen LogP contribution in [0.25, 0.3) is 0 Å². The topological polar surface area (TPSA) is 134 Å². The molecule has 9 nitrogen and oxygen atoms in total. The Morgan fingerprint density at radius 1 is 0.547 bits per heavy atom. The molecule has 2 rings (SSSR count). The molecular formula is C43H82NO8P. The number of ether oxygens (including phenoxy) is 2. The van der Waals surface area contributed by atoms with Gasteiger partial charge in [-0.3, -0.25) is 18.6 Å². The third-order valence-electron chi connectivity index (χ3n) is 11.5. The molecule has 3 N–H and O–H groups in total. The number of unbranched alkanes of at least 4 members (excludes halogenated alkanes) is 18. The van der Waals surface area contributed by atoms with E-state index in [1.165, 1.54) is 167 Å². The van der Waals surface area contributed by atoms with Crippen LogP contribution in [0.3, 0.4) is 0 Å². The molecule has 0 saturated heterocycles. The Hall–Kier alpha value is -0.990. The first kappa shape index (κ1) is 48.2. The van der Waals surface area contributed by atoms with Gasteiger partial charge in [0.1, 0.15) is 6.61 Å². The van der Waals surface area contributed by atoms with Gasteiger partial charge in [-0.25, -0.2) is 4.57 Å². The zero-order valence-corrected chi connectivity index (χ0v) is 34.8. The van der Waals surface area contributed by atoms with Crippen LogP contribution in [0, 0.1) is 11.8 Å². The molecule has 0 heterocycles. The fourth-order valence-corrected chi connectivity index (χ4v) is 8.95. The molecule has 0 amide bonds. The van der Waals surface area contributed by atoms with E-state index in [1.807, 2.05) is 0 Å². The smallest absolute Gasteiger partial charge is 0.462 e. The van der Waals surface area contributed by atoms with Gasteiger partial charge < -0.3 is 20.1 Å². The Morgan fingerprint density at radius 2 is 0.943 bits per heavy atom. The van der Waals surface area contributed by atoms with Gasteiger partial charge in [0.15, 0.2) is 6.10 Å². The lowest BCUT2D eigenvalue weighted by Crippen LogP contribution is -2.29. The van der Waals surface area contributed by atoms with Gasteiger partial charge in [-0.15, -0.1) is 0 Å². The molecule has 2 aliphatic rings. The maximum Gasteiger partial charge on any atom is 0.472 e. The van der Waals surface area contributed by atoms with E-state index >= 15 is 0 Å². The lowest BCUT2D eigenvalue weighted by molar-refractivity contribution is -0.161. The number of carbonyl (C=O) groups excluding carboxylic acids is 2. The number of phosphoric acid groups is 1. The van der Waals surface area contributed by atoms with Gasteiger partial charge in [-0.05, 0) is 24.7 Å². The third kappa shape index (κ3) is 29.0. The molecule has 10 heteroatoms. The van der Waals surface area contributed by atoms with Crippen molar-refractivity contribution in [3.8, 4) is 0 Å². The summed E-state index contributed by atoms with van der Waals surface area (Å²) < 4.78 is 32.9. The highest BCUT2D eigenvalue weighted by atomic mass is 31.2. The van der Waals surface area contributed by atoms with E-state index in [4.69, 9.17) is 24.3 Å². The summed E-state index contributed by atoms with van der Waals surface area (Å²) >= 11 is 0. The van der Waals surface area contributed by atoms with Crippen molar-refractivity contribution in [2.24, 2.45) is 17.6 Å². The predicted octanol–water partition coefficient (Wildman–Crippen LogP) is 12.1. The number of rotatable bonds is 35. The van der Waals surface area contributed by atoms with Crippen molar-refractivity contribution in [1.82, 2.24) is 0 Å². The molecule has 2 atom stereocenters. The monoisotopic (exact) mass is 772 g/mol. The third-order valence-corrected chi connectivity index (χ3v) is 12.4. The first-order chi connectivity index (χ1) is 25.9. The van der Waals surface area contributed by atoms with Crippen LogP contribution in [-0.4, -0.2) is 49.3 Å². The van der Waals surface area contributed by atoms with Gasteiger partial charge in [-0.2, -0.15) is 0 Å². The molecule has 2 unspecified atom stereocenters. The maximum absolute atomic E-state index is 12.6. The quantitative estimate of drug-likeness (QED) is 0.0367. The van der Waals surface area contributed by atoms with Crippen molar-refractivity contribution in [3.05, 3.63) is 0 Å². The number of hydrogen-bond acceptors (Lipinski definition) is 8. The molecule has 53 heavy (non-hydrogen) atoms. The van der Waals surface area contributed by atoms with Crippen LogP contribution < -0.4 is 5.73 Å². The summed E-state index contributed by atoms with van der Waals surface area (Å²) in [5.74, 6) is 1.20. The minimum atomic E-state index is -4.37. The molecule has 0 aliphatic heterocycles. The number of nitrogens with two attached hydrogens (primary N) is 1. The van der Waals surface area contributed by atoms with Crippen LogP contribution in [0.5, 0.6) is 0 Å². The van der Waals surface area contributed by atoms with E-state index in [9.17, 15) is 19.0 Å². The van der Waals surface area contributed by atoms with Crippen molar-refractivity contribution in [3.63, 3.8) is 0 Å². The van der Waals surface area contributed by atoms with E-state index in [2.05, 4.69) is 0 Å². The van der Waals surface area contributed by atoms with E-state index < -0.39 is 26.5 Å². The molecule has 0 bridgehead atoms. The number of hydrogen-bond donors (Lipinski definition) is 2. The van der Waals surface area contributed by atoms with Crippen LogP contribution in [0.4, 0.5) is 0 Å². The van der Waals surface area contributed by atoms with Gasteiger partial charge in [0.25, 0.3) is 0 Å². The maximum atomic E-state index is 12.6. The average Bonchev–Trinajstić information content (AvgIpc) is 3.16. The fraction of sp³-hybridized carbons (Fsp3) is 0.953.